The number of nitrogens with zero attached hydrogens (tertiary/aromatic N) is 4. The molecule has 0 spiro atoms. The molecule has 0 fully saturated rings. The summed E-state index contributed by atoms with van der Waals surface area (Å²) in [6.45, 7) is -1.06. The van der Waals surface area contributed by atoms with Crippen molar-refractivity contribution in [2.45, 2.75) is 13.1 Å². The summed E-state index contributed by atoms with van der Waals surface area (Å²) in [6, 6.07) is 11.9. The minimum Gasteiger partial charge on any atom is -0.433 e. The summed E-state index contributed by atoms with van der Waals surface area (Å²) < 4.78 is 26.6. The van der Waals surface area contributed by atoms with E-state index in [0.717, 1.165) is 10.6 Å². The maximum Gasteiger partial charge on any atom is 0.335 e. The molecular weight excluding hydrogens is 497 g/mol. The Hall–Kier alpha value is -4.00. The zero-order valence-corrected chi connectivity index (χ0v) is 19.4. The van der Waals surface area contributed by atoms with Crippen molar-refractivity contribution in [1.82, 2.24) is 19.3 Å². The number of halogens is 2. The van der Waals surface area contributed by atoms with E-state index in [1.165, 1.54) is 29.0 Å². The standard InChI is InChI=1S/C23H21ClFN5O6/c24-16-3-1-14(2-4-16)10-29-21(27-22(33)30(23(29)34)11-15(12-31)13-32)26-17-5-6-19(18(25)9-17)36-20-7-8-35-28-20/h1-9,15,31-32H,10-13H2,(H,26,27,33). The smallest absolute Gasteiger partial charge is 0.335 e. The number of hydrogen-bond donors (Lipinski definition) is 3. The summed E-state index contributed by atoms with van der Waals surface area (Å²) in [4.78, 5) is 32.8. The molecule has 0 bridgehead atoms. The second-order valence-corrected chi connectivity index (χ2v) is 8.19. The van der Waals surface area contributed by atoms with Crippen LogP contribution in [-0.4, -0.2) is 42.7 Å². The lowest BCUT2D eigenvalue weighted by atomic mass is 10.2. The quantitative estimate of drug-likeness (QED) is 0.306. The van der Waals surface area contributed by atoms with Crippen molar-refractivity contribution in [1.29, 1.82) is 0 Å². The van der Waals surface area contributed by atoms with Crippen LogP contribution in [0, 0.1) is 11.7 Å². The molecule has 3 N–H and O–H groups in total. The summed E-state index contributed by atoms with van der Waals surface area (Å²) in [5, 5.41) is 22.9. The summed E-state index contributed by atoms with van der Waals surface area (Å²) in [5.74, 6) is -1.54. The minimum atomic E-state index is -0.801. The molecule has 13 heteroatoms. The maximum atomic E-state index is 14.6. The molecule has 2 heterocycles. The molecule has 2 aromatic carbocycles. The van der Waals surface area contributed by atoms with Gasteiger partial charge in [-0.2, -0.15) is 0 Å². The third kappa shape index (κ3) is 5.79. The number of hydrogen-bond acceptors (Lipinski definition) is 8. The molecule has 0 unspecified atom stereocenters. The zero-order valence-electron chi connectivity index (χ0n) is 18.7. The van der Waals surface area contributed by atoms with Crippen LogP contribution in [0.1, 0.15) is 5.56 Å². The van der Waals surface area contributed by atoms with Gasteiger partial charge in [-0.25, -0.2) is 23.5 Å². The molecule has 0 amide bonds. The van der Waals surface area contributed by atoms with Gasteiger partial charge in [0.05, 0.1) is 12.2 Å². The first-order valence-electron chi connectivity index (χ1n) is 10.7. The van der Waals surface area contributed by atoms with E-state index in [9.17, 15) is 24.2 Å². The fraction of sp³-hybridized carbons (Fsp3) is 0.217. The minimum absolute atomic E-state index is 0.00433. The fourth-order valence-electron chi connectivity index (χ4n) is 3.28. The first-order valence-corrected chi connectivity index (χ1v) is 11.1. The van der Waals surface area contributed by atoms with Crippen molar-refractivity contribution >= 4 is 17.3 Å². The summed E-state index contributed by atoms with van der Waals surface area (Å²) >= 11 is 5.95. The Kier molecular flexibility index (Phi) is 7.78. The second kappa shape index (κ2) is 11.2. The zero-order chi connectivity index (χ0) is 25.7. The van der Waals surface area contributed by atoms with Gasteiger partial charge in [-0.15, -0.1) is 0 Å². The van der Waals surface area contributed by atoms with Crippen molar-refractivity contribution in [3.8, 4) is 11.6 Å². The van der Waals surface area contributed by atoms with Crippen LogP contribution in [0.4, 0.5) is 10.1 Å². The number of nitrogens with one attached hydrogen (secondary N) is 1. The van der Waals surface area contributed by atoms with Gasteiger partial charge in [-0.3, -0.25) is 9.55 Å². The lowest BCUT2D eigenvalue weighted by Crippen LogP contribution is -2.51. The van der Waals surface area contributed by atoms with Crippen LogP contribution in [-0.2, 0) is 13.1 Å². The van der Waals surface area contributed by atoms with E-state index in [4.69, 9.17) is 16.3 Å². The van der Waals surface area contributed by atoms with Gasteiger partial charge in [0.1, 0.15) is 6.26 Å². The SMILES string of the molecule is O=c1[nH]/c(=N\c2ccc(Oc3ccon3)c(F)c2)n(Cc2ccc(Cl)cc2)c(=O)n1CC(CO)CO. The average molecular weight is 518 g/mol. The largest absolute Gasteiger partial charge is 0.433 e. The Bertz CT molecular complexity index is 1510. The van der Waals surface area contributed by atoms with Crippen LogP contribution in [0.5, 0.6) is 11.6 Å². The fourth-order valence-corrected chi connectivity index (χ4v) is 3.41. The van der Waals surface area contributed by atoms with Gasteiger partial charge >= 0.3 is 11.4 Å². The van der Waals surface area contributed by atoms with Crippen LogP contribution in [0.25, 0.3) is 0 Å². The maximum absolute atomic E-state index is 14.6. The van der Waals surface area contributed by atoms with Crippen LogP contribution in [0.3, 0.4) is 0 Å². The Morgan fingerprint density at radius 3 is 2.50 bits per heavy atom. The molecular formula is C23H21ClFN5O6. The Morgan fingerprint density at radius 1 is 1.11 bits per heavy atom. The highest BCUT2D eigenvalue weighted by Crippen LogP contribution is 2.26. The molecule has 2 aromatic heterocycles. The van der Waals surface area contributed by atoms with E-state index in [1.54, 1.807) is 24.3 Å². The van der Waals surface area contributed by atoms with E-state index >= 15 is 0 Å². The van der Waals surface area contributed by atoms with E-state index in [2.05, 4.69) is 19.7 Å². The van der Waals surface area contributed by atoms with Crippen molar-refractivity contribution in [2.75, 3.05) is 13.2 Å². The number of benzene rings is 2. The van der Waals surface area contributed by atoms with Crippen molar-refractivity contribution in [2.24, 2.45) is 10.9 Å². The van der Waals surface area contributed by atoms with Crippen LogP contribution in [0.15, 0.2) is 73.9 Å². The molecule has 0 aliphatic rings. The molecule has 36 heavy (non-hydrogen) atoms. The lowest BCUT2D eigenvalue weighted by molar-refractivity contribution is 0.134. The molecule has 11 nitrogen and oxygen atoms in total. The second-order valence-electron chi connectivity index (χ2n) is 7.76. The number of ether oxygens (including phenoxy) is 1. The molecule has 4 rings (SSSR count). The van der Waals surface area contributed by atoms with E-state index in [0.29, 0.717) is 10.6 Å². The molecule has 0 aliphatic carbocycles. The Morgan fingerprint density at radius 2 is 1.86 bits per heavy atom. The van der Waals surface area contributed by atoms with Gasteiger partial charge in [-0.1, -0.05) is 23.7 Å². The number of aliphatic hydroxyl groups is 2. The molecule has 0 saturated carbocycles. The van der Waals surface area contributed by atoms with E-state index in [1.807, 2.05) is 0 Å². The number of rotatable bonds is 9. The van der Waals surface area contributed by atoms with Gasteiger partial charge in [0.15, 0.2) is 11.6 Å². The average Bonchev–Trinajstić information content (AvgIpc) is 3.38. The van der Waals surface area contributed by atoms with Crippen molar-refractivity contribution in [3.05, 3.63) is 97.8 Å². The molecule has 0 radical (unpaired) electrons. The number of aromatic amines is 1. The summed E-state index contributed by atoms with van der Waals surface area (Å²) in [7, 11) is 0. The van der Waals surface area contributed by atoms with Crippen molar-refractivity contribution < 1.29 is 23.9 Å². The first kappa shape index (κ1) is 25.1. The van der Waals surface area contributed by atoms with Crippen LogP contribution < -0.4 is 21.7 Å². The number of aromatic nitrogens is 4. The summed E-state index contributed by atoms with van der Waals surface area (Å²) in [6.07, 6.45) is 1.28. The van der Waals surface area contributed by atoms with E-state index in [-0.39, 0.29) is 36.0 Å². The highest BCUT2D eigenvalue weighted by molar-refractivity contribution is 6.30. The van der Waals surface area contributed by atoms with Gasteiger partial charge in [-0.05, 0) is 35.0 Å². The monoisotopic (exact) mass is 517 g/mol. The van der Waals surface area contributed by atoms with Crippen LogP contribution >= 0.6 is 11.6 Å². The first-order chi connectivity index (χ1) is 17.4. The van der Waals surface area contributed by atoms with Gasteiger partial charge in [0.2, 0.25) is 5.62 Å². The predicted molar refractivity (Wildman–Crippen MR) is 126 cm³/mol. The van der Waals surface area contributed by atoms with Gasteiger partial charge < -0.3 is 19.5 Å². The van der Waals surface area contributed by atoms with Gasteiger partial charge in [0.25, 0.3) is 5.88 Å². The normalized spacial score (nSPS) is 11.9. The third-order valence-corrected chi connectivity index (χ3v) is 5.42. The molecule has 188 valence electrons. The lowest BCUT2D eigenvalue weighted by Gasteiger charge is -2.15. The Balaban J connectivity index is 1.79. The highest BCUT2D eigenvalue weighted by Gasteiger charge is 2.15. The number of H-pyrrole nitrogens is 1. The van der Waals surface area contributed by atoms with E-state index < -0.39 is 36.3 Å². The topological polar surface area (TPSA) is 148 Å². The third-order valence-electron chi connectivity index (χ3n) is 5.17. The molecule has 0 aliphatic heterocycles. The Labute approximate surface area is 207 Å². The molecule has 4 aromatic rings. The number of aliphatic hydroxyl groups excluding tert-OH is 2. The van der Waals surface area contributed by atoms with Crippen LogP contribution in [0.2, 0.25) is 5.02 Å². The molecule has 0 saturated heterocycles. The van der Waals surface area contributed by atoms with Crippen molar-refractivity contribution in [3.63, 3.8) is 0 Å². The highest BCUT2D eigenvalue weighted by atomic mass is 35.5. The molecule has 0 atom stereocenters. The predicted octanol–water partition coefficient (Wildman–Crippen LogP) is 1.79. The summed E-state index contributed by atoms with van der Waals surface area (Å²) in [5.41, 5.74) is -0.887. The van der Waals surface area contributed by atoms with Gasteiger partial charge in [0, 0.05) is 42.8 Å².